The molecule has 0 saturated heterocycles. The first kappa shape index (κ1) is 8.52. The van der Waals surface area contributed by atoms with Crippen molar-refractivity contribution in [1.29, 1.82) is 0 Å². The number of hydrazine groups is 1. The Morgan fingerprint density at radius 3 is 2.25 bits per heavy atom. The number of rotatable bonds is 1. The summed E-state index contributed by atoms with van der Waals surface area (Å²) in [4.78, 5) is 0. The highest BCUT2D eigenvalue weighted by Crippen LogP contribution is 2.65. The van der Waals surface area contributed by atoms with Crippen molar-refractivity contribution in [2.75, 3.05) is 0 Å². The third-order valence-corrected chi connectivity index (χ3v) is 5.00. The molecule has 0 spiro atoms. The van der Waals surface area contributed by atoms with Crippen molar-refractivity contribution in [1.82, 2.24) is 5.43 Å². The fourth-order valence-corrected chi connectivity index (χ4v) is 3.46. The molecule has 0 aromatic carbocycles. The van der Waals surface area contributed by atoms with Gasteiger partial charge in [0.1, 0.15) is 0 Å². The van der Waals surface area contributed by atoms with E-state index in [0.717, 1.165) is 5.92 Å². The van der Waals surface area contributed by atoms with Crippen molar-refractivity contribution in [3.05, 3.63) is 0 Å². The molecule has 2 saturated carbocycles. The van der Waals surface area contributed by atoms with Crippen LogP contribution < -0.4 is 11.3 Å². The average Bonchev–Trinajstić information content (AvgIpc) is 2.34. The summed E-state index contributed by atoms with van der Waals surface area (Å²) in [7, 11) is 0. The Kier molecular flexibility index (Phi) is 1.59. The second-order valence-corrected chi connectivity index (χ2v) is 5.33. The third kappa shape index (κ3) is 0.728. The number of hydrogen-bond donors (Lipinski definition) is 2. The van der Waals surface area contributed by atoms with Crippen LogP contribution in [0.5, 0.6) is 0 Å². The minimum absolute atomic E-state index is 0.437. The second kappa shape index (κ2) is 2.24. The lowest BCUT2D eigenvalue weighted by molar-refractivity contribution is 0.121. The van der Waals surface area contributed by atoms with E-state index in [2.05, 4.69) is 26.2 Å². The molecule has 2 nitrogen and oxygen atoms in total. The Morgan fingerprint density at radius 1 is 1.33 bits per heavy atom. The zero-order valence-corrected chi connectivity index (χ0v) is 8.35. The quantitative estimate of drug-likeness (QED) is 0.461. The molecule has 3 atom stereocenters. The Bertz CT molecular complexity index is 200. The summed E-state index contributed by atoms with van der Waals surface area (Å²) in [5, 5.41) is 0. The number of hydrogen-bond acceptors (Lipinski definition) is 2. The minimum Gasteiger partial charge on any atom is -0.271 e. The van der Waals surface area contributed by atoms with Gasteiger partial charge in [-0.05, 0) is 36.0 Å². The zero-order valence-electron chi connectivity index (χ0n) is 8.35. The maximum absolute atomic E-state index is 5.58. The van der Waals surface area contributed by atoms with E-state index < -0.39 is 0 Å². The summed E-state index contributed by atoms with van der Waals surface area (Å²) in [6, 6.07) is 0.547. The molecule has 2 rings (SSSR count). The zero-order chi connectivity index (χ0) is 8.98. The van der Waals surface area contributed by atoms with Crippen LogP contribution in [0.4, 0.5) is 0 Å². The van der Waals surface area contributed by atoms with Crippen molar-refractivity contribution in [2.45, 2.75) is 46.1 Å². The normalized spacial score (nSPS) is 50.0. The maximum atomic E-state index is 5.58. The van der Waals surface area contributed by atoms with E-state index >= 15 is 0 Å². The molecule has 0 radical (unpaired) electrons. The van der Waals surface area contributed by atoms with Crippen molar-refractivity contribution in [3.63, 3.8) is 0 Å². The molecular weight excluding hydrogens is 148 g/mol. The summed E-state index contributed by atoms with van der Waals surface area (Å²) < 4.78 is 0. The van der Waals surface area contributed by atoms with Crippen molar-refractivity contribution in [3.8, 4) is 0 Å². The Balaban J connectivity index is 2.33. The van der Waals surface area contributed by atoms with Crippen LogP contribution in [-0.2, 0) is 0 Å². The van der Waals surface area contributed by atoms with E-state index in [-0.39, 0.29) is 0 Å². The molecule has 3 N–H and O–H groups in total. The van der Waals surface area contributed by atoms with Gasteiger partial charge in [-0.1, -0.05) is 20.8 Å². The summed E-state index contributed by atoms with van der Waals surface area (Å²) in [6.45, 7) is 7.20. The number of fused-ring (bicyclic) bond motifs is 2. The van der Waals surface area contributed by atoms with Crippen LogP contribution >= 0.6 is 0 Å². The molecule has 2 aliphatic rings. The fourth-order valence-electron chi connectivity index (χ4n) is 3.46. The topological polar surface area (TPSA) is 38.0 Å². The van der Waals surface area contributed by atoms with Gasteiger partial charge in [0.05, 0.1) is 0 Å². The van der Waals surface area contributed by atoms with Crippen LogP contribution in [0.25, 0.3) is 0 Å². The predicted molar refractivity (Wildman–Crippen MR) is 50.3 cm³/mol. The van der Waals surface area contributed by atoms with Crippen LogP contribution in [0.3, 0.4) is 0 Å². The molecule has 12 heavy (non-hydrogen) atoms. The summed E-state index contributed by atoms with van der Waals surface area (Å²) in [5.74, 6) is 6.47. The number of nitrogens with one attached hydrogen (secondary N) is 1. The van der Waals surface area contributed by atoms with E-state index in [1.807, 2.05) is 0 Å². The molecular formula is C10H20N2. The molecule has 0 aliphatic heterocycles. The van der Waals surface area contributed by atoms with Crippen molar-refractivity contribution >= 4 is 0 Å². The van der Waals surface area contributed by atoms with Gasteiger partial charge < -0.3 is 0 Å². The van der Waals surface area contributed by atoms with Gasteiger partial charge in [0.15, 0.2) is 0 Å². The van der Waals surface area contributed by atoms with Crippen LogP contribution in [0, 0.1) is 16.7 Å². The standard InChI is InChI=1S/C10H20N2/c1-9(2)7-4-5-10(9,3)8(6-7)12-11/h7-8,12H,4-6,11H2,1-3H3. The first-order valence-electron chi connectivity index (χ1n) is 4.98. The Labute approximate surface area is 74.9 Å². The molecule has 2 fully saturated rings. The molecule has 0 aromatic rings. The molecule has 2 bridgehead atoms. The molecule has 0 aromatic heterocycles. The predicted octanol–water partition coefficient (Wildman–Crippen LogP) is 1.66. The monoisotopic (exact) mass is 168 g/mol. The Morgan fingerprint density at radius 2 is 2.00 bits per heavy atom. The Hall–Kier alpha value is -0.0800. The summed E-state index contributed by atoms with van der Waals surface area (Å²) in [6.07, 6.45) is 4.03. The van der Waals surface area contributed by atoms with E-state index in [9.17, 15) is 0 Å². The molecule has 2 aliphatic carbocycles. The van der Waals surface area contributed by atoms with Gasteiger partial charge >= 0.3 is 0 Å². The van der Waals surface area contributed by atoms with Crippen molar-refractivity contribution in [2.24, 2.45) is 22.6 Å². The van der Waals surface area contributed by atoms with Gasteiger partial charge in [0.25, 0.3) is 0 Å². The number of nitrogens with two attached hydrogens (primary N) is 1. The molecule has 0 heterocycles. The van der Waals surface area contributed by atoms with Crippen LogP contribution in [-0.4, -0.2) is 6.04 Å². The SMILES string of the molecule is CC1(C)C2CCC1(C)C(NN)C2. The molecule has 70 valence electrons. The third-order valence-electron chi connectivity index (χ3n) is 5.00. The lowest BCUT2D eigenvalue weighted by Crippen LogP contribution is -2.47. The van der Waals surface area contributed by atoms with Crippen LogP contribution in [0.15, 0.2) is 0 Å². The lowest BCUT2D eigenvalue weighted by Gasteiger charge is -2.38. The second-order valence-electron chi connectivity index (χ2n) is 5.33. The first-order chi connectivity index (χ1) is 5.52. The molecule has 3 unspecified atom stereocenters. The highest BCUT2D eigenvalue weighted by Gasteiger charge is 2.60. The maximum Gasteiger partial charge on any atom is 0.0272 e. The van der Waals surface area contributed by atoms with Gasteiger partial charge in [-0.2, -0.15) is 0 Å². The largest absolute Gasteiger partial charge is 0.271 e. The smallest absolute Gasteiger partial charge is 0.0272 e. The molecule has 0 amide bonds. The van der Waals surface area contributed by atoms with E-state index in [1.165, 1.54) is 19.3 Å². The van der Waals surface area contributed by atoms with E-state index in [4.69, 9.17) is 5.84 Å². The van der Waals surface area contributed by atoms with Crippen molar-refractivity contribution < 1.29 is 0 Å². The fraction of sp³-hybridized carbons (Fsp3) is 1.00. The van der Waals surface area contributed by atoms with Gasteiger partial charge in [-0.25, -0.2) is 0 Å². The first-order valence-corrected chi connectivity index (χ1v) is 4.98. The van der Waals surface area contributed by atoms with Crippen LogP contribution in [0.1, 0.15) is 40.0 Å². The van der Waals surface area contributed by atoms with Gasteiger partial charge in [-0.15, -0.1) is 0 Å². The van der Waals surface area contributed by atoms with E-state index in [1.54, 1.807) is 0 Å². The highest BCUT2D eigenvalue weighted by atomic mass is 15.2. The summed E-state index contributed by atoms with van der Waals surface area (Å²) >= 11 is 0. The van der Waals surface area contributed by atoms with E-state index in [0.29, 0.717) is 16.9 Å². The summed E-state index contributed by atoms with van der Waals surface area (Å²) in [5.41, 5.74) is 3.92. The van der Waals surface area contributed by atoms with Gasteiger partial charge in [-0.3, -0.25) is 11.3 Å². The average molecular weight is 168 g/mol. The van der Waals surface area contributed by atoms with Gasteiger partial charge in [0, 0.05) is 6.04 Å². The molecule has 2 heteroatoms. The van der Waals surface area contributed by atoms with Crippen LogP contribution in [0.2, 0.25) is 0 Å². The minimum atomic E-state index is 0.437. The van der Waals surface area contributed by atoms with Gasteiger partial charge in [0.2, 0.25) is 0 Å². The lowest BCUT2D eigenvalue weighted by atomic mass is 9.69. The highest BCUT2D eigenvalue weighted by molar-refractivity contribution is 5.12.